The highest BCUT2D eigenvalue weighted by atomic mass is 16.5. The highest BCUT2D eigenvalue weighted by molar-refractivity contribution is 5.37. The Balaban J connectivity index is 2.18. The van der Waals surface area contributed by atoms with Gasteiger partial charge in [-0.05, 0) is 25.7 Å². The molecule has 0 aromatic rings. The molecule has 2 rings (SSSR count). The van der Waals surface area contributed by atoms with Gasteiger partial charge in [0.2, 0.25) is 12.2 Å². The molecular formula is C14H20N2O3. The van der Waals surface area contributed by atoms with E-state index in [1.807, 2.05) is 0 Å². The van der Waals surface area contributed by atoms with E-state index in [1.165, 1.54) is 6.42 Å². The number of hydrogen-bond donors (Lipinski definition) is 0. The van der Waals surface area contributed by atoms with Crippen LogP contribution in [-0.4, -0.2) is 30.0 Å². The van der Waals surface area contributed by atoms with Gasteiger partial charge in [0.15, 0.2) is 5.72 Å². The van der Waals surface area contributed by atoms with Crippen molar-refractivity contribution in [2.24, 2.45) is 9.98 Å². The van der Waals surface area contributed by atoms with E-state index in [0.717, 1.165) is 38.5 Å². The van der Waals surface area contributed by atoms with E-state index in [2.05, 4.69) is 9.98 Å². The molecule has 2 fully saturated rings. The third kappa shape index (κ3) is 3.38. The van der Waals surface area contributed by atoms with Crippen LogP contribution in [0.15, 0.2) is 9.98 Å². The Morgan fingerprint density at radius 1 is 0.947 bits per heavy atom. The van der Waals surface area contributed by atoms with Gasteiger partial charge in [-0.1, -0.05) is 25.7 Å². The molecule has 104 valence electrons. The third-order valence-corrected chi connectivity index (χ3v) is 4.15. The lowest BCUT2D eigenvalue weighted by Gasteiger charge is -2.40. The third-order valence-electron chi connectivity index (χ3n) is 4.15. The summed E-state index contributed by atoms with van der Waals surface area (Å²) in [7, 11) is 0. The maximum absolute atomic E-state index is 10.8. The van der Waals surface area contributed by atoms with Crippen molar-refractivity contribution in [3.8, 4) is 0 Å². The van der Waals surface area contributed by atoms with Crippen molar-refractivity contribution in [1.82, 2.24) is 0 Å². The van der Waals surface area contributed by atoms with E-state index in [0.29, 0.717) is 12.8 Å². The van der Waals surface area contributed by atoms with E-state index >= 15 is 0 Å². The van der Waals surface area contributed by atoms with Crippen LogP contribution in [0.25, 0.3) is 0 Å². The minimum Gasteiger partial charge on any atom is -0.347 e. The maximum Gasteiger partial charge on any atom is 0.238 e. The second-order valence-corrected chi connectivity index (χ2v) is 5.41. The molecule has 0 aromatic carbocycles. The molecule has 0 aliphatic heterocycles. The molecule has 5 nitrogen and oxygen atoms in total. The molecule has 0 saturated heterocycles. The van der Waals surface area contributed by atoms with Gasteiger partial charge in [0, 0.05) is 6.42 Å². The highest BCUT2D eigenvalue weighted by Gasteiger charge is 2.44. The number of hydrogen-bond acceptors (Lipinski definition) is 5. The number of rotatable bonds is 4. The molecule has 0 heterocycles. The SMILES string of the molecule is O=C=NC1CCCCC1(N=C=O)OC1CCCCC1. The summed E-state index contributed by atoms with van der Waals surface area (Å²) in [6.07, 6.45) is 12.1. The van der Waals surface area contributed by atoms with Crippen LogP contribution in [0.3, 0.4) is 0 Å². The van der Waals surface area contributed by atoms with Crippen molar-refractivity contribution in [1.29, 1.82) is 0 Å². The Morgan fingerprint density at radius 3 is 2.37 bits per heavy atom. The molecule has 19 heavy (non-hydrogen) atoms. The molecule has 0 N–H and O–H groups in total. The summed E-state index contributed by atoms with van der Waals surface area (Å²) < 4.78 is 6.12. The lowest BCUT2D eigenvalue weighted by atomic mass is 9.86. The Morgan fingerprint density at radius 2 is 1.68 bits per heavy atom. The molecule has 0 aromatic heterocycles. The summed E-state index contributed by atoms with van der Waals surface area (Å²) in [6, 6.07) is -0.387. The molecule has 2 atom stereocenters. The van der Waals surface area contributed by atoms with Crippen LogP contribution in [0.4, 0.5) is 0 Å². The molecule has 2 unspecified atom stereocenters. The lowest BCUT2D eigenvalue weighted by molar-refractivity contribution is -0.127. The molecule has 0 spiro atoms. The topological polar surface area (TPSA) is 68.1 Å². The van der Waals surface area contributed by atoms with Crippen LogP contribution in [-0.2, 0) is 14.3 Å². The summed E-state index contributed by atoms with van der Waals surface area (Å²) in [5, 5.41) is 0. The van der Waals surface area contributed by atoms with Crippen LogP contribution in [0.5, 0.6) is 0 Å². The molecule has 5 heteroatoms. The zero-order valence-corrected chi connectivity index (χ0v) is 11.1. The summed E-state index contributed by atoms with van der Waals surface area (Å²) >= 11 is 0. The van der Waals surface area contributed by atoms with E-state index in [1.54, 1.807) is 12.2 Å². The zero-order chi connectivity index (χ0) is 13.6. The number of carbonyl (C=O) groups excluding carboxylic acids is 2. The molecular weight excluding hydrogens is 244 g/mol. The van der Waals surface area contributed by atoms with Gasteiger partial charge < -0.3 is 4.74 Å². The first-order chi connectivity index (χ1) is 9.30. The van der Waals surface area contributed by atoms with E-state index in [-0.39, 0.29) is 12.1 Å². The van der Waals surface area contributed by atoms with E-state index in [9.17, 15) is 9.59 Å². The first-order valence-electron chi connectivity index (χ1n) is 7.14. The molecule has 2 aliphatic rings. The molecule has 2 aliphatic carbocycles. The molecule has 2 saturated carbocycles. The van der Waals surface area contributed by atoms with Crippen LogP contribution in [0.2, 0.25) is 0 Å². The first-order valence-corrected chi connectivity index (χ1v) is 7.14. The second-order valence-electron chi connectivity index (χ2n) is 5.41. The van der Waals surface area contributed by atoms with Gasteiger partial charge in [0.05, 0.1) is 6.10 Å². The van der Waals surface area contributed by atoms with Gasteiger partial charge >= 0.3 is 0 Å². The Labute approximate surface area is 113 Å². The summed E-state index contributed by atoms with van der Waals surface area (Å²) in [4.78, 5) is 29.1. The smallest absolute Gasteiger partial charge is 0.238 e. The zero-order valence-electron chi connectivity index (χ0n) is 11.1. The van der Waals surface area contributed by atoms with Gasteiger partial charge in [-0.2, -0.15) is 9.98 Å². The Hall–Kier alpha value is -1.28. The number of isocyanates is 2. The van der Waals surface area contributed by atoms with Crippen molar-refractivity contribution >= 4 is 12.2 Å². The maximum atomic E-state index is 10.8. The summed E-state index contributed by atoms with van der Waals surface area (Å²) in [5.41, 5.74) is -0.973. The first kappa shape index (κ1) is 14.1. The second kappa shape index (κ2) is 6.76. The van der Waals surface area contributed by atoms with Crippen LogP contribution in [0.1, 0.15) is 57.8 Å². The van der Waals surface area contributed by atoms with E-state index < -0.39 is 5.72 Å². The number of nitrogens with zero attached hydrogens (tertiary/aromatic N) is 2. The fourth-order valence-corrected chi connectivity index (χ4v) is 3.18. The van der Waals surface area contributed by atoms with Crippen LogP contribution >= 0.6 is 0 Å². The largest absolute Gasteiger partial charge is 0.347 e. The molecule has 0 bridgehead atoms. The van der Waals surface area contributed by atoms with Crippen molar-refractivity contribution in [2.45, 2.75) is 75.7 Å². The van der Waals surface area contributed by atoms with Gasteiger partial charge in [0.1, 0.15) is 6.04 Å². The van der Waals surface area contributed by atoms with Crippen molar-refractivity contribution in [3.63, 3.8) is 0 Å². The highest BCUT2D eigenvalue weighted by Crippen LogP contribution is 2.38. The average Bonchev–Trinajstić information content (AvgIpc) is 2.43. The van der Waals surface area contributed by atoms with Gasteiger partial charge in [-0.25, -0.2) is 9.59 Å². The number of ether oxygens (including phenoxy) is 1. The van der Waals surface area contributed by atoms with Gasteiger partial charge in [0.25, 0.3) is 0 Å². The van der Waals surface area contributed by atoms with Gasteiger partial charge in [-0.3, -0.25) is 0 Å². The van der Waals surface area contributed by atoms with Gasteiger partial charge in [-0.15, -0.1) is 0 Å². The summed E-state index contributed by atoms with van der Waals surface area (Å²) in [5.74, 6) is 0. The fraction of sp³-hybridized carbons (Fsp3) is 0.857. The number of aliphatic imine (C=N–C) groups is 2. The van der Waals surface area contributed by atoms with Crippen LogP contribution in [0, 0.1) is 0 Å². The minimum absolute atomic E-state index is 0.119. The predicted molar refractivity (Wildman–Crippen MR) is 69.2 cm³/mol. The normalized spacial score (nSPS) is 32.1. The molecule has 0 radical (unpaired) electrons. The molecule has 0 amide bonds. The monoisotopic (exact) mass is 264 g/mol. The Kier molecular flexibility index (Phi) is 5.03. The lowest BCUT2D eigenvalue weighted by Crippen LogP contribution is -2.47. The Bertz CT molecular complexity index is 393. The van der Waals surface area contributed by atoms with Crippen molar-refractivity contribution in [2.75, 3.05) is 0 Å². The average molecular weight is 264 g/mol. The van der Waals surface area contributed by atoms with Crippen LogP contribution < -0.4 is 0 Å². The fourth-order valence-electron chi connectivity index (χ4n) is 3.18. The van der Waals surface area contributed by atoms with Crippen molar-refractivity contribution in [3.05, 3.63) is 0 Å². The summed E-state index contributed by atoms with van der Waals surface area (Å²) in [6.45, 7) is 0. The standard InChI is InChI=1S/C14H20N2O3/c17-10-15-13-8-4-5-9-14(13,16-11-18)19-12-6-2-1-3-7-12/h12-13H,1-9H2. The minimum atomic E-state index is -0.973. The predicted octanol–water partition coefficient (Wildman–Crippen LogP) is 2.65. The van der Waals surface area contributed by atoms with E-state index in [4.69, 9.17) is 4.74 Å². The van der Waals surface area contributed by atoms with Crippen molar-refractivity contribution < 1.29 is 14.3 Å². The quantitative estimate of drug-likeness (QED) is 0.579.